The van der Waals surface area contributed by atoms with E-state index in [9.17, 15) is 4.79 Å². The molecule has 3 atom stereocenters. The number of amides is 1. The van der Waals surface area contributed by atoms with Gasteiger partial charge in [0.05, 0.1) is 0 Å². The third kappa shape index (κ3) is 2.74. The molecule has 0 heterocycles. The number of nitrogens with one attached hydrogen (secondary N) is 2. The topological polar surface area (TPSA) is 41.1 Å². The number of rotatable bonds is 6. The Morgan fingerprint density at radius 2 is 2.00 bits per heavy atom. The van der Waals surface area contributed by atoms with E-state index in [4.69, 9.17) is 0 Å². The Morgan fingerprint density at radius 3 is 2.50 bits per heavy atom. The molecular formula is C17H32N2O. The van der Waals surface area contributed by atoms with Crippen LogP contribution < -0.4 is 10.6 Å². The first kappa shape index (κ1) is 15.8. The minimum absolute atomic E-state index is 0.179. The van der Waals surface area contributed by atoms with E-state index in [1.165, 1.54) is 19.3 Å². The molecule has 2 fully saturated rings. The van der Waals surface area contributed by atoms with Crippen molar-refractivity contribution in [1.29, 1.82) is 0 Å². The van der Waals surface area contributed by atoms with Gasteiger partial charge in [0.15, 0.2) is 0 Å². The zero-order chi connectivity index (χ0) is 15.0. The third-order valence-electron chi connectivity index (χ3n) is 6.24. The molecule has 0 aliphatic heterocycles. The summed E-state index contributed by atoms with van der Waals surface area (Å²) in [4.78, 5) is 11.7. The summed E-state index contributed by atoms with van der Waals surface area (Å²) in [6.07, 6.45) is 4.61. The largest absolute Gasteiger partial charge is 0.356 e. The van der Waals surface area contributed by atoms with Crippen LogP contribution in [0, 0.1) is 22.7 Å². The molecule has 3 unspecified atom stereocenters. The van der Waals surface area contributed by atoms with Crippen molar-refractivity contribution in [2.75, 3.05) is 13.1 Å². The zero-order valence-corrected chi connectivity index (χ0v) is 13.9. The third-order valence-corrected chi connectivity index (χ3v) is 6.24. The lowest BCUT2D eigenvalue weighted by Crippen LogP contribution is -2.45. The molecule has 116 valence electrons. The molecule has 0 saturated heterocycles. The van der Waals surface area contributed by atoms with Gasteiger partial charge in [-0.15, -0.1) is 0 Å². The van der Waals surface area contributed by atoms with Crippen LogP contribution in [0.5, 0.6) is 0 Å². The Morgan fingerprint density at radius 1 is 1.30 bits per heavy atom. The fourth-order valence-electron chi connectivity index (χ4n) is 4.28. The summed E-state index contributed by atoms with van der Waals surface area (Å²) >= 11 is 0. The second-order valence-electron chi connectivity index (χ2n) is 8.07. The molecule has 2 aliphatic rings. The highest BCUT2D eigenvalue weighted by atomic mass is 16.1. The molecule has 0 aromatic heterocycles. The van der Waals surface area contributed by atoms with Crippen LogP contribution in [-0.2, 0) is 4.79 Å². The van der Waals surface area contributed by atoms with Gasteiger partial charge in [-0.1, -0.05) is 34.6 Å². The first-order valence-corrected chi connectivity index (χ1v) is 8.27. The maximum Gasteiger partial charge on any atom is 0.221 e. The number of carbonyl (C=O) groups excluding carboxylic acids is 1. The molecule has 2 rings (SSSR count). The standard InChI is InChI=1S/C17H32N2O/c1-12(2)11-19-15(20)7-9-18-14-10-13-6-8-17(14,5)16(13,3)4/h12-14,18H,6-11H2,1-5H3,(H,19,20). The van der Waals surface area contributed by atoms with Crippen molar-refractivity contribution in [1.82, 2.24) is 10.6 Å². The Hall–Kier alpha value is -0.570. The van der Waals surface area contributed by atoms with Crippen molar-refractivity contribution < 1.29 is 4.79 Å². The average Bonchev–Trinajstić information content (AvgIpc) is 2.69. The minimum Gasteiger partial charge on any atom is -0.356 e. The molecule has 2 saturated carbocycles. The number of fused-ring (bicyclic) bond motifs is 2. The van der Waals surface area contributed by atoms with E-state index in [-0.39, 0.29) is 5.91 Å². The Balaban J connectivity index is 1.75. The minimum atomic E-state index is 0.179. The summed E-state index contributed by atoms with van der Waals surface area (Å²) < 4.78 is 0. The molecule has 2 bridgehead atoms. The fraction of sp³-hybridized carbons (Fsp3) is 0.941. The predicted molar refractivity (Wildman–Crippen MR) is 83.5 cm³/mol. The lowest BCUT2D eigenvalue weighted by Gasteiger charge is -2.39. The molecule has 2 aliphatic carbocycles. The molecule has 2 N–H and O–H groups in total. The van der Waals surface area contributed by atoms with Gasteiger partial charge in [-0.05, 0) is 41.9 Å². The van der Waals surface area contributed by atoms with Crippen LogP contribution in [0.3, 0.4) is 0 Å². The van der Waals surface area contributed by atoms with Crippen molar-refractivity contribution >= 4 is 5.91 Å². The molecule has 3 nitrogen and oxygen atoms in total. The molecule has 0 radical (unpaired) electrons. The monoisotopic (exact) mass is 280 g/mol. The van der Waals surface area contributed by atoms with Gasteiger partial charge in [-0.3, -0.25) is 4.79 Å². The van der Waals surface area contributed by atoms with Crippen LogP contribution in [-0.4, -0.2) is 25.0 Å². The SMILES string of the molecule is CC(C)CNC(=O)CCNC1CC2CCC1(C)C2(C)C. The maximum absolute atomic E-state index is 11.7. The highest BCUT2D eigenvalue weighted by molar-refractivity contribution is 5.76. The molecule has 0 aromatic rings. The zero-order valence-electron chi connectivity index (χ0n) is 13.9. The van der Waals surface area contributed by atoms with Gasteiger partial charge in [0.25, 0.3) is 0 Å². The quantitative estimate of drug-likeness (QED) is 0.785. The van der Waals surface area contributed by atoms with E-state index in [0.29, 0.717) is 29.2 Å². The van der Waals surface area contributed by atoms with E-state index >= 15 is 0 Å². The lowest BCUT2D eigenvalue weighted by molar-refractivity contribution is -0.121. The van der Waals surface area contributed by atoms with Crippen LogP contribution in [0.4, 0.5) is 0 Å². The van der Waals surface area contributed by atoms with Gasteiger partial charge in [0.2, 0.25) is 5.91 Å². The molecule has 0 aromatic carbocycles. The van der Waals surface area contributed by atoms with E-state index in [2.05, 4.69) is 45.3 Å². The Kier molecular flexibility index (Phi) is 4.48. The van der Waals surface area contributed by atoms with Gasteiger partial charge >= 0.3 is 0 Å². The smallest absolute Gasteiger partial charge is 0.221 e. The number of carbonyl (C=O) groups is 1. The van der Waals surface area contributed by atoms with E-state index < -0.39 is 0 Å². The summed E-state index contributed by atoms with van der Waals surface area (Å²) in [5.74, 6) is 1.57. The second-order valence-corrected chi connectivity index (χ2v) is 8.07. The van der Waals surface area contributed by atoms with E-state index in [0.717, 1.165) is 19.0 Å². The van der Waals surface area contributed by atoms with Gasteiger partial charge in [-0.25, -0.2) is 0 Å². The molecular weight excluding hydrogens is 248 g/mol. The van der Waals surface area contributed by atoms with Crippen LogP contribution >= 0.6 is 0 Å². The lowest BCUT2D eigenvalue weighted by atomic mass is 9.69. The summed E-state index contributed by atoms with van der Waals surface area (Å²) in [6.45, 7) is 13.1. The normalized spacial score (nSPS) is 34.7. The summed E-state index contributed by atoms with van der Waals surface area (Å²) in [7, 11) is 0. The Bertz CT molecular complexity index is 364. The molecule has 20 heavy (non-hydrogen) atoms. The highest BCUT2D eigenvalue weighted by Gasteiger charge is 2.60. The maximum atomic E-state index is 11.7. The van der Waals surface area contributed by atoms with Crippen molar-refractivity contribution in [2.45, 2.75) is 66.3 Å². The van der Waals surface area contributed by atoms with Crippen LogP contribution in [0.15, 0.2) is 0 Å². The van der Waals surface area contributed by atoms with Gasteiger partial charge in [0.1, 0.15) is 0 Å². The highest BCUT2D eigenvalue weighted by Crippen LogP contribution is 2.65. The van der Waals surface area contributed by atoms with Gasteiger partial charge in [-0.2, -0.15) is 0 Å². The van der Waals surface area contributed by atoms with Gasteiger partial charge < -0.3 is 10.6 Å². The van der Waals surface area contributed by atoms with Crippen molar-refractivity contribution in [3.05, 3.63) is 0 Å². The Labute approximate surface area is 124 Å². The fourth-order valence-corrected chi connectivity index (χ4v) is 4.28. The number of hydrogen-bond acceptors (Lipinski definition) is 2. The van der Waals surface area contributed by atoms with Crippen molar-refractivity contribution in [2.24, 2.45) is 22.7 Å². The van der Waals surface area contributed by atoms with Crippen LogP contribution in [0.1, 0.15) is 60.3 Å². The predicted octanol–water partition coefficient (Wildman–Crippen LogP) is 2.95. The molecule has 1 amide bonds. The number of hydrogen-bond donors (Lipinski definition) is 2. The average molecular weight is 280 g/mol. The molecule has 3 heteroatoms. The van der Waals surface area contributed by atoms with Crippen LogP contribution in [0.25, 0.3) is 0 Å². The summed E-state index contributed by atoms with van der Waals surface area (Å²) in [6, 6.07) is 0.592. The van der Waals surface area contributed by atoms with E-state index in [1.54, 1.807) is 0 Å². The molecule has 0 spiro atoms. The first-order chi connectivity index (χ1) is 9.27. The second kappa shape index (κ2) is 5.67. The van der Waals surface area contributed by atoms with Crippen molar-refractivity contribution in [3.8, 4) is 0 Å². The first-order valence-electron chi connectivity index (χ1n) is 8.27. The van der Waals surface area contributed by atoms with Crippen LogP contribution in [0.2, 0.25) is 0 Å². The van der Waals surface area contributed by atoms with Crippen molar-refractivity contribution in [3.63, 3.8) is 0 Å². The van der Waals surface area contributed by atoms with E-state index in [1.807, 2.05) is 0 Å². The summed E-state index contributed by atoms with van der Waals surface area (Å²) in [5.41, 5.74) is 0.858. The van der Waals surface area contributed by atoms with Gasteiger partial charge in [0, 0.05) is 25.6 Å². The summed E-state index contributed by atoms with van der Waals surface area (Å²) in [5, 5.41) is 6.66.